The topological polar surface area (TPSA) is 49.5 Å². The minimum atomic E-state index is -0.0955. The number of oxazole rings is 1. The van der Waals surface area contributed by atoms with Gasteiger partial charge >= 0.3 is 0 Å². The molecule has 0 atom stereocenters. The van der Waals surface area contributed by atoms with Crippen LogP contribution in [-0.4, -0.2) is 17.1 Å². The van der Waals surface area contributed by atoms with Gasteiger partial charge in [0.2, 0.25) is 0 Å². The Kier molecular flexibility index (Phi) is 3.44. The van der Waals surface area contributed by atoms with Crippen LogP contribution >= 0.6 is 0 Å². The van der Waals surface area contributed by atoms with Crippen molar-refractivity contribution in [2.45, 2.75) is 20.1 Å². The van der Waals surface area contributed by atoms with E-state index in [0.717, 1.165) is 6.54 Å². The molecule has 0 unspecified atom stereocenters. The van der Waals surface area contributed by atoms with Crippen molar-refractivity contribution in [3.63, 3.8) is 0 Å². The maximum absolute atomic E-state index is 8.92. The predicted octanol–water partition coefficient (Wildman–Crippen LogP) is 2.11. The SMILES string of the molecule is Cc1cccc(CN(C)c2nc(CO)co2)c1. The summed E-state index contributed by atoms with van der Waals surface area (Å²) >= 11 is 0. The van der Waals surface area contributed by atoms with Gasteiger partial charge in [0.15, 0.2) is 0 Å². The molecular formula is C13H16N2O2. The van der Waals surface area contributed by atoms with E-state index in [-0.39, 0.29) is 6.61 Å². The molecule has 4 heteroatoms. The highest BCUT2D eigenvalue weighted by Gasteiger charge is 2.08. The summed E-state index contributed by atoms with van der Waals surface area (Å²) in [7, 11) is 1.91. The third-order valence-corrected chi connectivity index (χ3v) is 2.53. The highest BCUT2D eigenvalue weighted by molar-refractivity contribution is 5.30. The van der Waals surface area contributed by atoms with Gasteiger partial charge in [-0.25, -0.2) is 0 Å². The number of rotatable bonds is 4. The summed E-state index contributed by atoms with van der Waals surface area (Å²) in [5.74, 6) is 0. The summed E-state index contributed by atoms with van der Waals surface area (Å²) in [6.45, 7) is 2.70. The molecule has 1 aromatic carbocycles. The van der Waals surface area contributed by atoms with E-state index < -0.39 is 0 Å². The van der Waals surface area contributed by atoms with Crippen molar-refractivity contribution in [1.29, 1.82) is 0 Å². The van der Waals surface area contributed by atoms with Crippen LogP contribution in [0.25, 0.3) is 0 Å². The van der Waals surface area contributed by atoms with Crippen LogP contribution in [0.3, 0.4) is 0 Å². The molecule has 0 fully saturated rings. The van der Waals surface area contributed by atoms with Gasteiger partial charge in [0.1, 0.15) is 12.0 Å². The lowest BCUT2D eigenvalue weighted by Crippen LogP contribution is -2.16. The van der Waals surface area contributed by atoms with Crippen molar-refractivity contribution >= 4 is 6.01 Å². The first-order valence-corrected chi connectivity index (χ1v) is 5.51. The van der Waals surface area contributed by atoms with Crippen LogP contribution in [0.15, 0.2) is 34.9 Å². The number of nitrogens with zero attached hydrogens (tertiary/aromatic N) is 2. The molecule has 2 rings (SSSR count). The smallest absolute Gasteiger partial charge is 0.297 e. The molecule has 0 spiro atoms. The Bertz CT molecular complexity index is 494. The van der Waals surface area contributed by atoms with Gasteiger partial charge in [0.05, 0.1) is 6.61 Å². The first-order valence-electron chi connectivity index (χ1n) is 5.51. The van der Waals surface area contributed by atoms with Gasteiger partial charge < -0.3 is 14.4 Å². The fraction of sp³-hybridized carbons (Fsp3) is 0.308. The number of aliphatic hydroxyl groups is 1. The van der Waals surface area contributed by atoms with E-state index in [2.05, 4.69) is 30.1 Å². The number of hydrogen-bond donors (Lipinski definition) is 1. The van der Waals surface area contributed by atoms with Crippen molar-refractivity contribution in [3.8, 4) is 0 Å². The van der Waals surface area contributed by atoms with E-state index in [0.29, 0.717) is 11.7 Å². The summed E-state index contributed by atoms with van der Waals surface area (Å²) in [5.41, 5.74) is 2.99. The molecule has 0 aliphatic heterocycles. The van der Waals surface area contributed by atoms with Gasteiger partial charge in [-0.2, -0.15) is 4.98 Å². The maximum atomic E-state index is 8.92. The fourth-order valence-electron chi connectivity index (χ4n) is 1.70. The monoisotopic (exact) mass is 232 g/mol. The van der Waals surface area contributed by atoms with E-state index in [1.165, 1.54) is 17.4 Å². The van der Waals surface area contributed by atoms with Gasteiger partial charge in [-0.3, -0.25) is 0 Å². The molecule has 17 heavy (non-hydrogen) atoms. The van der Waals surface area contributed by atoms with Crippen LogP contribution in [0.5, 0.6) is 0 Å². The number of anilines is 1. The molecule has 0 bridgehead atoms. The van der Waals surface area contributed by atoms with Crippen LogP contribution in [-0.2, 0) is 13.2 Å². The standard InChI is InChI=1S/C13H16N2O2/c1-10-4-3-5-11(6-10)7-15(2)13-14-12(8-16)9-17-13/h3-6,9,16H,7-8H2,1-2H3. The molecule has 0 aliphatic rings. The van der Waals surface area contributed by atoms with Crippen molar-refractivity contribution in [3.05, 3.63) is 47.3 Å². The molecule has 1 heterocycles. The van der Waals surface area contributed by atoms with E-state index in [9.17, 15) is 0 Å². The number of aromatic nitrogens is 1. The lowest BCUT2D eigenvalue weighted by atomic mass is 10.1. The van der Waals surface area contributed by atoms with Crippen molar-refractivity contribution in [2.75, 3.05) is 11.9 Å². The van der Waals surface area contributed by atoms with Crippen LogP contribution in [0.1, 0.15) is 16.8 Å². The zero-order valence-electron chi connectivity index (χ0n) is 10.1. The zero-order chi connectivity index (χ0) is 12.3. The molecule has 0 saturated carbocycles. The molecule has 2 aromatic rings. The Morgan fingerprint density at radius 1 is 1.41 bits per heavy atom. The highest BCUT2D eigenvalue weighted by atomic mass is 16.4. The molecule has 0 saturated heterocycles. The van der Waals surface area contributed by atoms with Gasteiger partial charge in [-0.05, 0) is 12.5 Å². The third kappa shape index (κ3) is 2.85. The average Bonchev–Trinajstić information content (AvgIpc) is 2.77. The van der Waals surface area contributed by atoms with Crippen molar-refractivity contribution in [2.24, 2.45) is 0 Å². The second-order valence-electron chi connectivity index (χ2n) is 4.12. The zero-order valence-corrected chi connectivity index (χ0v) is 10.1. The first kappa shape index (κ1) is 11.7. The Hall–Kier alpha value is -1.81. The molecular weight excluding hydrogens is 216 g/mol. The van der Waals surface area contributed by atoms with Crippen molar-refractivity contribution < 1.29 is 9.52 Å². The second-order valence-corrected chi connectivity index (χ2v) is 4.12. The largest absolute Gasteiger partial charge is 0.432 e. The van der Waals surface area contributed by atoms with Gasteiger partial charge in [-0.1, -0.05) is 29.8 Å². The average molecular weight is 232 g/mol. The summed E-state index contributed by atoms with van der Waals surface area (Å²) in [6, 6.07) is 8.83. The molecule has 0 aliphatic carbocycles. The minimum absolute atomic E-state index is 0.0955. The van der Waals surface area contributed by atoms with E-state index in [1.54, 1.807) is 0 Å². The fourth-order valence-corrected chi connectivity index (χ4v) is 1.70. The number of benzene rings is 1. The molecule has 1 aromatic heterocycles. The molecule has 90 valence electrons. The van der Waals surface area contributed by atoms with Crippen LogP contribution < -0.4 is 4.90 Å². The van der Waals surface area contributed by atoms with E-state index >= 15 is 0 Å². The van der Waals surface area contributed by atoms with E-state index in [4.69, 9.17) is 9.52 Å². The number of aliphatic hydroxyl groups excluding tert-OH is 1. The van der Waals surface area contributed by atoms with Crippen LogP contribution in [0.2, 0.25) is 0 Å². The molecule has 1 N–H and O–H groups in total. The van der Waals surface area contributed by atoms with E-state index in [1.807, 2.05) is 18.0 Å². The lowest BCUT2D eigenvalue weighted by Gasteiger charge is -2.14. The molecule has 4 nitrogen and oxygen atoms in total. The molecule has 0 amide bonds. The summed E-state index contributed by atoms with van der Waals surface area (Å²) in [4.78, 5) is 6.07. The van der Waals surface area contributed by atoms with Gasteiger partial charge in [-0.15, -0.1) is 0 Å². The summed E-state index contributed by atoms with van der Waals surface area (Å²) in [5, 5.41) is 8.92. The Morgan fingerprint density at radius 3 is 2.88 bits per heavy atom. The van der Waals surface area contributed by atoms with Gasteiger partial charge in [0, 0.05) is 13.6 Å². The lowest BCUT2D eigenvalue weighted by molar-refractivity contribution is 0.276. The predicted molar refractivity (Wildman–Crippen MR) is 65.7 cm³/mol. The minimum Gasteiger partial charge on any atom is -0.432 e. The van der Waals surface area contributed by atoms with Crippen LogP contribution in [0.4, 0.5) is 6.01 Å². The normalized spacial score (nSPS) is 10.5. The van der Waals surface area contributed by atoms with Crippen LogP contribution in [0, 0.1) is 6.92 Å². The Labute approximate surface area is 101 Å². The Morgan fingerprint density at radius 2 is 2.24 bits per heavy atom. The highest BCUT2D eigenvalue weighted by Crippen LogP contribution is 2.15. The number of aryl methyl sites for hydroxylation is 1. The quantitative estimate of drug-likeness (QED) is 0.877. The van der Waals surface area contributed by atoms with Crippen molar-refractivity contribution in [1.82, 2.24) is 4.98 Å². The Balaban J connectivity index is 2.08. The maximum Gasteiger partial charge on any atom is 0.297 e. The van der Waals surface area contributed by atoms with Gasteiger partial charge in [0.25, 0.3) is 6.01 Å². The number of hydrogen-bond acceptors (Lipinski definition) is 4. The third-order valence-electron chi connectivity index (χ3n) is 2.53. The summed E-state index contributed by atoms with van der Waals surface area (Å²) in [6.07, 6.45) is 1.47. The molecule has 0 radical (unpaired) electrons. The second kappa shape index (κ2) is 5.01. The summed E-state index contributed by atoms with van der Waals surface area (Å²) < 4.78 is 5.27. The first-order chi connectivity index (χ1) is 8.19.